The SMILES string of the molecule is C[C@@]12C[C@H](CC(=S)N1)c1ccccc1O2. The van der Waals surface area contributed by atoms with Crippen LogP contribution in [0, 0.1) is 0 Å². The lowest BCUT2D eigenvalue weighted by Gasteiger charge is -2.45. The molecule has 2 aliphatic rings. The Bertz CT molecular complexity index is 431. The molecular formula is C12H13NOS. The fourth-order valence-electron chi connectivity index (χ4n) is 2.60. The summed E-state index contributed by atoms with van der Waals surface area (Å²) in [4.78, 5) is 0.920. The molecule has 1 saturated heterocycles. The summed E-state index contributed by atoms with van der Waals surface area (Å²) in [5.41, 5.74) is 1.01. The molecule has 2 heterocycles. The second-order valence-corrected chi connectivity index (χ2v) is 5.02. The summed E-state index contributed by atoms with van der Waals surface area (Å²) in [7, 11) is 0. The topological polar surface area (TPSA) is 21.3 Å². The number of fused-ring (bicyclic) bond motifs is 4. The molecule has 0 amide bonds. The molecule has 0 aromatic heterocycles. The predicted octanol–water partition coefficient (Wildman–Crippen LogP) is 2.59. The largest absolute Gasteiger partial charge is 0.468 e. The summed E-state index contributed by atoms with van der Waals surface area (Å²) in [5.74, 6) is 1.53. The molecule has 0 spiro atoms. The van der Waals surface area contributed by atoms with Crippen LogP contribution in [0.5, 0.6) is 5.75 Å². The van der Waals surface area contributed by atoms with Crippen LogP contribution in [-0.2, 0) is 0 Å². The Balaban J connectivity index is 2.10. The van der Waals surface area contributed by atoms with E-state index in [1.54, 1.807) is 0 Å². The lowest BCUT2D eigenvalue weighted by molar-refractivity contribution is 0.0304. The fraction of sp³-hybridized carbons (Fsp3) is 0.417. The molecule has 1 aromatic carbocycles. The van der Waals surface area contributed by atoms with Gasteiger partial charge in [-0.2, -0.15) is 0 Å². The van der Waals surface area contributed by atoms with E-state index in [0.717, 1.165) is 23.6 Å². The van der Waals surface area contributed by atoms with Crippen molar-refractivity contribution in [1.82, 2.24) is 5.32 Å². The normalized spacial score (nSPS) is 32.6. The van der Waals surface area contributed by atoms with Gasteiger partial charge in [0.05, 0.1) is 4.99 Å². The third-order valence-corrected chi connectivity index (χ3v) is 3.43. The number of rotatable bonds is 0. The van der Waals surface area contributed by atoms with Gasteiger partial charge in [-0.1, -0.05) is 30.4 Å². The summed E-state index contributed by atoms with van der Waals surface area (Å²) in [6, 6.07) is 8.26. The van der Waals surface area contributed by atoms with E-state index in [1.165, 1.54) is 5.56 Å². The number of ether oxygens (including phenoxy) is 1. The highest BCUT2D eigenvalue weighted by Crippen LogP contribution is 2.43. The van der Waals surface area contributed by atoms with Crippen molar-refractivity contribution in [2.75, 3.05) is 0 Å². The highest BCUT2D eigenvalue weighted by Gasteiger charge is 2.41. The Morgan fingerprint density at radius 1 is 1.47 bits per heavy atom. The smallest absolute Gasteiger partial charge is 0.178 e. The van der Waals surface area contributed by atoms with Gasteiger partial charge in [-0.05, 0) is 24.5 Å². The first-order valence-electron chi connectivity index (χ1n) is 5.25. The minimum atomic E-state index is -0.297. The van der Waals surface area contributed by atoms with Gasteiger partial charge in [-0.3, -0.25) is 0 Å². The van der Waals surface area contributed by atoms with Gasteiger partial charge in [0.1, 0.15) is 5.75 Å². The summed E-state index contributed by atoms with van der Waals surface area (Å²) in [6.45, 7) is 2.07. The number of thiocarbonyl (C=S) groups is 1. The van der Waals surface area contributed by atoms with Crippen molar-refractivity contribution in [2.24, 2.45) is 0 Å². The molecule has 3 rings (SSSR count). The lowest BCUT2D eigenvalue weighted by atomic mass is 9.82. The van der Waals surface area contributed by atoms with Gasteiger partial charge in [0.2, 0.25) is 0 Å². The maximum atomic E-state index is 5.96. The van der Waals surface area contributed by atoms with Gasteiger partial charge in [0.25, 0.3) is 0 Å². The minimum Gasteiger partial charge on any atom is -0.468 e. The van der Waals surface area contributed by atoms with E-state index in [0.29, 0.717) is 5.92 Å². The first kappa shape index (κ1) is 9.16. The molecular weight excluding hydrogens is 206 g/mol. The van der Waals surface area contributed by atoms with E-state index in [2.05, 4.69) is 24.4 Å². The van der Waals surface area contributed by atoms with E-state index in [-0.39, 0.29) is 5.72 Å². The number of benzene rings is 1. The molecule has 1 aromatic rings. The maximum Gasteiger partial charge on any atom is 0.178 e. The summed E-state index contributed by atoms with van der Waals surface area (Å²) < 4.78 is 5.96. The van der Waals surface area contributed by atoms with Gasteiger partial charge < -0.3 is 10.1 Å². The lowest BCUT2D eigenvalue weighted by Crippen LogP contribution is -2.56. The fourth-order valence-corrected chi connectivity index (χ4v) is 3.02. The van der Waals surface area contributed by atoms with Gasteiger partial charge in [0, 0.05) is 12.8 Å². The van der Waals surface area contributed by atoms with Crippen molar-refractivity contribution in [3.8, 4) is 5.75 Å². The molecule has 3 heteroatoms. The van der Waals surface area contributed by atoms with Gasteiger partial charge in [0.15, 0.2) is 5.72 Å². The third kappa shape index (κ3) is 1.42. The zero-order chi connectivity index (χ0) is 10.5. The van der Waals surface area contributed by atoms with E-state index in [9.17, 15) is 0 Å². The van der Waals surface area contributed by atoms with E-state index >= 15 is 0 Å². The minimum absolute atomic E-state index is 0.297. The Morgan fingerprint density at radius 2 is 2.27 bits per heavy atom. The molecule has 2 atom stereocenters. The number of hydrogen-bond donors (Lipinski definition) is 1. The van der Waals surface area contributed by atoms with Crippen LogP contribution in [0.25, 0.3) is 0 Å². The van der Waals surface area contributed by atoms with Crippen LogP contribution in [0.1, 0.15) is 31.2 Å². The van der Waals surface area contributed by atoms with E-state index in [4.69, 9.17) is 17.0 Å². The van der Waals surface area contributed by atoms with Crippen LogP contribution in [0.2, 0.25) is 0 Å². The zero-order valence-corrected chi connectivity index (χ0v) is 9.43. The molecule has 2 aliphatic heterocycles. The molecule has 2 bridgehead atoms. The first-order valence-corrected chi connectivity index (χ1v) is 5.66. The van der Waals surface area contributed by atoms with Crippen molar-refractivity contribution >= 4 is 17.2 Å². The molecule has 78 valence electrons. The quantitative estimate of drug-likeness (QED) is 0.678. The Labute approximate surface area is 94.6 Å². The van der Waals surface area contributed by atoms with Crippen molar-refractivity contribution in [3.63, 3.8) is 0 Å². The monoisotopic (exact) mass is 219 g/mol. The number of para-hydroxylation sites is 1. The zero-order valence-electron chi connectivity index (χ0n) is 8.62. The van der Waals surface area contributed by atoms with Gasteiger partial charge in [-0.25, -0.2) is 0 Å². The van der Waals surface area contributed by atoms with Crippen LogP contribution >= 0.6 is 12.2 Å². The van der Waals surface area contributed by atoms with Crippen molar-refractivity contribution in [2.45, 2.75) is 31.4 Å². The predicted molar refractivity (Wildman–Crippen MR) is 63.2 cm³/mol. The van der Waals surface area contributed by atoms with Crippen LogP contribution in [0.4, 0.5) is 0 Å². The highest BCUT2D eigenvalue weighted by atomic mass is 32.1. The highest BCUT2D eigenvalue weighted by molar-refractivity contribution is 7.80. The molecule has 0 saturated carbocycles. The number of hydrogen-bond acceptors (Lipinski definition) is 2. The number of nitrogens with one attached hydrogen (secondary N) is 1. The standard InChI is InChI=1S/C12H13NOS/c1-12-7-8(6-11(15)13-12)9-4-2-3-5-10(9)14-12/h2-5,8H,6-7H2,1H3,(H,13,15)/t8-,12+/m0/s1. The first-order chi connectivity index (χ1) is 7.16. The molecule has 15 heavy (non-hydrogen) atoms. The number of piperidine rings is 1. The van der Waals surface area contributed by atoms with Crippen LogP contribution in [0.15, 0.2) is 24.3 Å². The van der Waals surface area contributed by atoms with Crippen LogP contribution in [0.3, 0.4) is 0 Å². The average Bonchev–Trinajstić information content (AvgIpc) is 2.15. The summed E-state index contributed by atoms with van der Waals surface area (Å²) >= 11 is 5.27. The molecule has 0 unspecified atom stereocenters. The van der Waals surface area contributed by atoms with Gasteiger partial charge in [-0.15, -0.1) is 0 Å². The van der Waals surface area contributed by atoms with Crippen LogP contribution in [-0.4, -0.2) is 10.7 Å². The maximum absolute atomic E-state index is 5.96. The van der Waals surface area contributed by atoms with E-state index < -0.39 is 0 Å². The Morgan fingerprint density at radius 3 is 3.13 bits per heavy atom. The molecule has 1 fully saturated rings. The molecule has 0 radical (unpaired) electrons. The van der Waals surface area contributed by atoms with Crippen LogP contribution < -0.4 is 10.1 Å². The van der Waals surface area contributed by atoms with E-state index in [1.807, 2.05) is 12.1 Å². The summed E-state index contributed by atoms with van der Waals surface area (Å²) in [6.07, 6.45) is 1.95. The second kappa shape index (κ2) is 2.95. The van der Waals surface area contributed by atoms with Gasteiger partial charge >= 0.3 is 0 Å². The average molecular weight is 219 g/mol. The van der Waals surface area contributed by atoms with Crippen molar-refractivity contribution in [3.05, 3.63) is 29.8 Å². The molecule has 1 N–H and O–H groups in total. The Kier molecular flexibility index (Phi) is 1.80. The molecule has 0 aliphatic carbocycles. The Hall–Kier alpha value is -1.09. The second-order valence-electron chi connectivity index (χ2n) is 4.52. The van der Waals surface area contributed by atoms with Crippen molar-refractivity contribution in [1.29, 1.82) is 0 Å². The third-order valence-electron chi connectivity index (χ3n) is 3.17. The molecule has 2 nitrogen and oxygen atoms in total. The summed E-state index contributed by atoms with van der Waals surface area (Å²) in [5, 5.41) is 3.27. The van der Waals surface area contributed by atoms with Crippen molar-refractivity contribution < 1.29 is 4.74 Å².